The molecule has 0 amide bonds. The molecule has 11 heavy (non-hydrogen) atoms. The van der Waals surface area contributed by atoms with Crippen LogP contribution >= 0.6 is 0 Å². The molecule has 70 valence electrons. The average Bonchev–Trinajstić information content (AvgIpc) is 1.57. The third kappa shape index (κ3) is 1500. The number of aldehydes is 2. The van der Waals surface area contributed by atoms with Crippen LogP contribution in [-0.2, 0) is 26.3 Å². The van der Waals surface area contributed by atoms with E-state index >= 15 is 0 Å². The summed E-state index contributed by atoms with van der Waals surface area (Å²) in [5, 5.41) is 0. The topological polar surface area (TPSA) is 34.1 Å². The van der Waals surface area contributed by atoms with Gasteiger partial charge in [0.1, 0.15) is 0 Å². The Balaban J connectivity index is 0. The number of halogens is 6. The van der Waals surface area contributed by atoms with E-state index in [0.29, 0.717) is 0 Å². The summed E-state index contributed by atoms with van der Waals surface area (Å²) < 4.78 is 59.6. The summed E-state index contributed by atoms with van der Waals surface area (Å²) in [5.41, 5.74) is 0. The molecule has 0 atom stereocenters. The zero-order valence-electron chi connectivity index (χ0n) is 4.65. The number of rotatable bonds is 1. The molecule has 0 heterocycles. The van der Waals surface area contributed by atoms with Gasteiger partial charge in [0.2, 0.25) is 0 Å². The van der Waals surface area contributed by atoms with Gasteiger partial charge in [-0.1, -0.05) is 0 Å². The summed E-state index contributed by atoms with van der Waals surface area (Å²) in [6.45, 7) is 0. The van der Waals surface area contributed by atoms with Crippen LogP contribution in [0.25, 0.3) is 0 Å². The van der Waals surface area contributed by atoms with Crippen molar-refractivity contribution < 1.29 is 45.2 Å². The van der Waals surface area contributed by atoms with Gasteiger partial charge in [0.25, 0.3) is 0 Å². The van der Waals surface area contributed by atoms with Gasteiger partial charge in [0.15, 0.2) is 12.6 Å². The van der Waals surface area contributed by atoms with E-state index in [1.807, 2.05) is 0 Å². The predicted octanol–water partition coefficient (Wildman–Crippen LogP) is 1.90. The van der Waals surface area contributed by atoms with E-state index in [4.69, 9.17) is 9.59 Å². The van der Waals surface area contributed by atoms with Crippen LogP contribution in [0.1, 0.15) is 0 Å². The van der Waals surface area contributed by atoms with Crippen LogP contribution in [0.2, 0.25) is 0 Å². The van der Waals surface area contributed by atoms with E-state index in [1.165, 1.54) is 0 Å². The van der Waals surface area contributed by atoms with Crippen molar-refractivity contribution in [2.45, 2.75) is 0 Å². The molecule has 0 fully saturated rings. The normalized spacial score (nSPS) is 16.5. The summed E-state index contributed by atoms with van der Waals surface area (Å²) in [5.74, 6) is 0. The number of carbonyl (C=O) groups is 2. The van der Waals surface area contributed by atoms with Crippen molar-refractivity contribution in [2.75, 3.05) is 0 Å². The van der Waals surface area contributed by atoms with Crippen molar-refractivity contribution in [2.24, 2.45) is 0 Å². The van der Waals surface area contributed by atoms with Crippen LogP contribution < -0.4 is 0 Å². The fourth-order valence-corrected chi connectivity index (χ4v) is 0. The Morgan fingerprint density at radius 3 is 0.818 bits per heavy atom. The van der Waals surface area contributed by atoms with E-state index in [0.717, 1.165) is 0 Å². The Morgan fingerprint density at radius 1 is 0.727 bits per heavy atom. The average molecular weight is 356 g/mol. The molecule has 0 saturated heterocycles. The van der Waals surface area contributed by atoms with Crippen LogP contribution in [0.15, 0.2) is 0 Å². The molecule has 0 aromatic carbocycles. The van der Waals surface area contributed by atoms with Gasteiger partial charge in [-0.05, 0) is 0 Å². The summed E-state index contributed by atoms with van der Waals surface area (Å²) in [4.78, 5) is 17.6. The van der Waals surface area contributed by atoms with Crippen molar-refractivity contribution in [3.63, 3.8) is 0 Å². The Labute approximate surface area is 58.5 Å². The van der Waals surface area contributed by atoms with Gasteiger partial charge in [0, 0.05) is 0 Å². The molecule has 0 unspecified atom stereocenters. The third-order valence-corrected chi connectivity index (χ3v) is 0.0556. The molecule has 0 N–H and O–H groups in total. The van der Waals surface area contributed by atoms with Crippen molar-refractivity contribution in [3.05, 3.63) is 0 Å². The summed E-state index contributed by atoms with van der Waals surface area (Å²) in [6.07, 6.45) is 0.389. The monoisotopic (exact) mass is 356 g/mol. The SMILES string of the molecule is O=CC=O.[F][W]([F])([F])([F])([F])[F]. The van der Waals surface area contributed by atoms with Gasteiger partial charge in [-0.3, -0.25) is 9.59 Å². The van der Waals surface area contributed by atoms with Crippen LogP contribution in [-0.4, -0.2) is 12.6 Å². The van der Waals surface area contributed by atoms with Gasteiger partial charge >= 0.3 is 35.7 Å². The minimum atomic E-state index is -11.3. The van der Waals surface area contributed by atoms with Gasteiger partial charge in [-0.15, -0.1) is 0 Å². The summed E-state index contributed by atoms with van der Waals surface area (Å²) in [6, 6.07) is 0. The molecule has 0 radical (unpaired) electrons. The van der Waals surface area contributed by atoms with Crippen molar-refractivity contribution in [3.8, 4) is 0 Å². The maximum atomic E-state index is 9.93. The molecule has 0 aliphatic rings. The number of hydrogen-bond acceptors (Lipinski definition) is 2. The molecule has 0 spiro atoms. The number of hydrogen-bond donors (Lipinski definition) is 0. The number of carbonyl (C=O) groups excluding carboxylic acids is 2. The van der Waals surface area contributed by atoms with Crippen LogP contribution in [0.5, 0.6) is 0 Å². The first-order valence-corrected chi connectivity index (χ1v) is 8.38. The molecular weight excluding hydrogens is 354 g/mol. The summed E-state index contributed by atoms with van der Waals surface area (Å²) in [7, 11) is 0. The Bertz CT molecular complexity index is 134. The first-order valence-electron chi connectivity index (χ1n) is 1.73. The van der Waals surface area contributed by atoms with Gasteiger partial charge in [0.05, 0.1) is 0 Å². The molecule has 0 aliphatic carbocycles. The molecule has 0 aromatic rings. The second-order valence-corrected chi connectivity index (χ2v) is 7.43. The molecule has 0 bridgehead atoms. The molecule has 9 heteroatoms. The van der Waals surface area contributed by atoms with Gasteiger partial charge < -0.3 is 0 Å². The molecule has 0 aromatic heterocycles. The minimum absolute atomic E-state index is 0.194. The second-order valence-electron chi connectivity index (χ2n) is 1.15. The Kier molecular flexibility index (Phi) is 3.10. The van der Waals surface area contributed by atoms with Crippen LogP contribution in [0.4, 0.5) is 18.9 Å². The Hall–Kier alpha value is -0.392. The molecular formula is C2H2F6O2W. The van der Waals surface area contributed by atoms with Gasteiger partial charge in [-0.2, -0.15) is 0 Å². The third-order valence-electron chi connectivity index (χ3n) is 0.0556. The zero-order valence-corrected chi connectivity index (χ0v) is 7.58. The summed E-state index contributed by atoms with van der Waals surface area (Å²) >= 11 is -11.3. The van der Waals surface area contributed by atoms with E-state index in [9.17, 15) is 18.9 Å². The van der Waals surface area contributed by atoms with E-state index in [-0.39, 0.29) is 12.6 Å². The standard InChI is InChI=1S/C2H2O2.6FH.W/c3-1-2-4;;;;;;;/h1-2H;6*1H;/q;;;;;;;+6/p-6. The van der Waals surface area contributed by atoms with E-state index < -0.39 is 16.7 Å². The molecule has 2 nitrogen and oxygen atoms in total. The van der Waals surface area contributed by atoms with Crippen LogP contribution in [0, 0.1) is 0 Å². The molecule has 0 aliphatic heterocycles. The van der Waals surface area contributed by atoms with Crippen molar-refractivity contribution in [1.29, 1.82) is 0 Å². The van der Waals surface area contributed by atoms with E-state index in [1.54, 1.807) is 0 Å². The fourth-order valence-electron chi connectivity index (χ4n) is 0. The van der Waals surface area contributed by atoms with Crippen molar-refractivity contribution >= 4 is 12.6 Å². The molecule has 0 rings (SSSR count). The quantitative estimate of drug-likeness (QED) is 0.409. The second kappa shape index (κ2) is 2.58. The van der Waals surface area contributed by atoms with E-state index in [2.05, 4.69) is 0 Å². The predicted molar refractivity (Wildman–Crippen MR) is 18.8 cm³/mol. The zero-order chi connectivity index (χ0) is 9.82. The fraction of sp³-hybridized carbons (Fsp3) is 0. The first-order chi connectivity index (χ1) is 4.36. The maximum absolute atomic E-state index is 11.3. The molecule has 0 saturated carbocycles. The van der Waals surface area contributed by atoms with Crippen molar-refractivity contribution in [1.82, 2.24) is 0 Å². The first kappa shape index (κ1) is 13.2. The van der Waals surface area contributed by atoms with Crippen LogP contribution in [0.3, 0.4) is 0 Å². The Morgan fingerprint density at radius 2 is 0.818 bits per heavy atom. The van der Waals surface area contributed by atoms with Gasteiger partial charge in [-0.25, -0.2) is 0 Å².